The molecule has 142 valence electrons. The number of hydrogen-bond donors (Lipinski definition) is 1. The van der Waals surface area contributed by atoms with Crippen molar-refractivity contribution in [3.63, 3.8) is 0 Å². The van der Waals surface area contributed by atoms with Gasteiger partial charge in [-0.15, -0.1) is 21.5 Å². The Morgan fingerprint density at radius 1 is 1.19 bits per heavy atom. The van der Waals surface area contributed by atoms with Crippen molar-refractivity contribution in [1.82, 2.24) is 25.1 Å². The Labute approximate surface area is 162 Å². The molecular weight excluding hydrogens is 362 g/mol. The predicted octanol–water partition coefficient (Wildman–Crippen LogP) is 2.60. The van der Waals surface area contributed by atoms with E-state index in [4.69, 9.17) is 9.47 Å². The molecule has 0 atom stereocenters. The zero-order valence-electron chi connectivity index (χ0n) is 15.4. The fraction of sp³-hybridized carbons (Fsp3) is 0.421. The van der Waals surface area contributed by atoms with Crippen LogP contribution in [0.3, 0.4) is 0 Å². The van der Waals surface area contributed by atoms with Gasteiger partial charge in [-0.1, -0.05) is 0 Å². The first-order valence-electron chi connectivity index (χ1n) is 9.13. The van der Waals surface area contributed by atoms with Gasteiger partial charge in [0.2, 0.25) is 0 Å². The maximum absolute atomic E-state index is 5.78. The van der Waals surface area contributed by atoms with Gasteiger partial charge in [-0.25, -0.2) is 4.98 Å². The van der Waals surface area contributed by atoms with Crippen LogP contribution in [0.1, 0.15) is 28.8 Å². The zero-order chi connectivity index (χ0) is 18.5. The van der Waals surface area contributed by atoms with Crippen LogP contribution < -0.4 is 14.8 Å². The second kappa shape index (κ2) is 8.49. The Hall–Kier alpha value is -2.45. The average molecular weight is 385 g/mol. The molecule has 1 aliphatic rings. The summed E-state index contributed by atoms with van der Waals surface area (Å²) >= 11 is 1.62. The Morgan fingerprint density at radius 2 is 2.04 bits per heavy atom. The molecule has 1 aliphatic heterocycles. The lowest BCUT2D eigenvalue weighted by Gasteiger charge is -2.05. The van der Waals surface area contributed by atoms with E-state index in [0.29, 0.717) is 6.61 Å². The van der Waals surface area contributed by atoms with E-state index in [1.165, 1.54) is 6.42 Å². The van der Waals surface area contributed by atoms with E-state index >= 15 is 0 Å². The number of nitrogens with one attached hydrogen (secondary N) is 1. The van der Waals surface area contributed by atoms with Crippen LogP contribution in [-0.2, 0) is 32.5 Å². The van der Waals surface area contributed by atoms with Crippen molar-refractivity contribution in [2.24, 2.45) is 0 Å². The molecular formula is C19H23N5O2S. The maximum Gasteiger partial charge on any atom is 0.140 e. The van der Waals surface area contributed by atoms with E-state index in [9.17, 15) is 0 Å². The molecule has 3 aromatic rings. The van der Waals surface area contributed by atoms with E-state index in [0.717, 1.165) is 66.3 Å². The molecule has 0 saturated carbocycles. The van der Waals surface area contributed by atoms with Gasteiger partial charge in [-0.05, 0) is 30.7 Å². The molecule has 0 saturated heterocycles. The normalized spacial score (nSPS) is 12.9. The number of aromatic nitrogens is 4. The fourth-order valence-electron chi connectivity index (χ4n) is 3.13. The zero-order valence-corrected chi connectivity index (χ0v) is 16.2. The molecule has 0 radical (unpaired) electrons. The summed E-state index contributed by atoms with van der Waals surface area (Å²) in [4.78, 5) is 4.62. The number of ether oxygens (including phenoxy) is 2. The Balaban J connectivity index is 1.20. The van der Waals surface area contributed by atoms with Crippen LogP contribution in [0.2, 0.25) is 0 Å². The molecule has 0 aliphatic carbocycles. The highest BCUT2D eigenvalue weighted by Crippen LogP contribution is 2.19. The number of benzene rings is 1. The number of methoxy groups -OCH3 is 1. The molecule has 0 bridgehead atoms. The van der Waals surface area contributed by atoms with Gasteiger partial charge in [-0.2, -0.15) is 0 Å². The summed E-state index contributed by atoms with van der Waals surface area (Å²) in [6, 6.07) is 7.57. The van der Waals surface area contributed by atoms with Crippen LogP contribution in [0.4, 0.5) is 0 Å². The smallest absolute Gasteiger partial charge is 0.140 e. The summed E-state index contributed by atoms with van der Waals surface area (Å²) in [5.74, 6) is 3.85. The SMILES string of the molecule is COc1ccc(OCc2nc(CNCCc3nnc4n3CCC4)cs2)cc1. The van der Waals surface area contributed by atoms with Gasteiger partial charge >= 0.3 is 0 Å². The van der Waals surface area contributed by atoms with Gasteiger partial charge in [0.1, 0.15) is 34.8 Å². The van der Waals surface area contributed by atoms with Crippen molar-refractivity contribution in [3.05, 3.63) is 52.0 Å². The highest BCUT2D eigenvalue weighted by molar-refractivity contribution is 7.09. The topological polar surface area (TPSA) is 74.1 Å². The van der Waals surface area contributed by atoms with Gasteiger partial charge in [0, 0.05) is 37.9 Å². The van der Waals surface area contributed by atoms with Gasteiger partial charge in [0.25, 0.3) is 0 Å². The number of fused-ring (bicyclic) bond motifs is 1. The van der Waals surface area contributed by atoms with Crippen LogP contribution in [0.15, 0.2) is 29.6 Å². The van der Waals surface area contributed by atoms with Crippen molar-refractivity contribution >= 4 is 11.3 Å². The summed E-state index contributed by atoms with van der Waals surface area (Å²) in [6.45, 7) is 3.15. The highest BCUT2D eigenvalue weighted by Gasteiger charge is 2.16. The summed E-state index contributed by atoms with van der Waals surface area (Å²) < 4.78 is 13.2. The van der Waals surface area contributed by atoms with Crippen LogP contribution >= 0.6 is 11.3 Å². The van der Waals surface area contributed by atoms with E-state index in [-0.39, 0.29) is 0 Å². The van der Waals surface area contributed by atoms with Crippen LogP contribution in [-0.4, -0.2) is 33.4 Å². The third-order valence-electron chi connectivity index (χ3n) is 4.54. The first kappa shape index (κ1) is 17.9. The highest BCUT2D eigenvalue weighted by atomic mass is 32.1. The molecule has 0 fully saturated rings. The predicted molar refractivity (Wildman–Crippen MR) is 103 cm³/mol. The van der Waals surface area contributed by atoms with E-state index in [2.05, 4.69) is 30.4 Å². The van der Waals surface area contributed by atoms with E-state index in [1.54, 1.807) is 18.4 Å². The van der Waals surface area contributed by atoms with Crippen molar-refractivity contribution in [3.8, 4) is 11.5 Å². The van der Waals surface area contributed by atoms with Crippen LogP contribution in [0.25, 0.3) is 0 Å². The molecule has 8 heteroatoms. The minimum absolute atomic E-state index is 0.475. The van der Waals surface area contributed by atoms with Crippen molar-refractivity contribution in [2.45, 2.75) is 39.0 Å². The molecule has 7 nitrogen and oxygen atoms in total. The standard InChI is InChI=1S/C19H23N5O2S/c1-25-15-4-6-16(7-5-15)26-12-19-21-14(13-27-19)11-20-9-8-18-23-22-17-3-2-10-24(17)18/h4-7,13,20H,2-3,8-12H2,1H3. The number of aryl methyl sites for hydroxylation is 1. The van der Waals surface area contributed by atoms with Crippen LogP contribution in [0.5, 0.6) is 11.5 Å². The van der Waals surface area contributed by atoms with Gasteiger partial charge in [0.15, 0.2) is 0 Å². The van der Waals surface area contributed by atoms with Crippen molar-refractivity contribution in [1.29, 1.82) is 0 Å². The third kappa shape index (κ3) is 4.45. The largest absolute Gasteiger partial charge is 0.497 e. The Morgan fingerprint density at radius 3 is 2.89 bits per heavy atom. The molecule has 3 heterocycles. The minimum Gasteiger partial charge on any atom is -0.497 e. The monoisotopic (exact) mass is 385 g/mol. The average Bonchev–Trinajstić information content (AvgIpc) is 3.42. The van der Waals surface area contributed by atoms with Crippen molar-refractivity contribution in [2.75, 3.05) is 13.7 Å². The Bertz CT molecular complexity index is 875. The third-order valence-corrected chi connectivity index (χ3v) is 5.41. The second-order valence-corrected chi connectivity index (χ2v) is 7.35. The molecule has 4 rings (SSSR count). The lowest BCUT2D eigenvalue weighted by molar-refractivity contribution is 0.304. The maximum atomic E-state index is 5.78. The first-order chi connectivity index (χ1) is 13.3. The summed E-state index contributed by atoms with van der Waals surface area (Å²) in [5.41, 5.74) is 1.04. The summed E-state index contributed by atoms with van der Waals surface area (Å²) in [5, 5.41) is 15.0. The molecule has 1 N–H and O–H groups in total. The molecule has 0 spiro atoms. The second-order valence-electron chi connectivity index (χ2n) is 6.41. The minimum atomic E-state index is 0.475. The van der Waals surface area contributed by atoms with Gasteiger partial charge < -0.3 is 19.4 Å². The molecule has 1 aromatic carbocycles. The summed E-state index contributed by atoms with van der Waals surface area (Å²) in [6.07, 6.45) is 3.14. The van der Waals surface area contributed by atoms with E-state index in [1.807, 2.05) is 24.3 Å². The first-order valence-corrected chi connectivity index (χ1v) is 10.0. The number of nitrogens with zero attached hydrogens (tertiary/aromatic N) is 4. The molecule has 0 amide bonds. The van der Waals surface area contributed by atoms with E-state index < -0.39 is 0 Å². The molecule has 27 heavy (non-hydrogen) atoms. The summed E-state index contributed by atoms with van der Waals surface area (Å²) in [7, 11) is 1.65. The lowest BCUT2D eigenvalue weighted by Crippen LogP contribution is -2.18. The number of rotatable bonds is 9. The molecule has 2 aromatic heterocycles. The number of hydrogen-bond acceptors (Lipinski definition) is 7. The lowest BCUT2D eigenvalue weighted by atomic mass is 10.3. The van der Waals surface area contributed by atoms with Gasteiger partial charge in [0.05, 0.1) is 12.8 Å². The van der Waals surface area contributed by atoms with Crippen molar-refractivity contribution < 1.29 is 9.47 Å². The fourth-order valence-corrected chi connectivity index (χ4v) is 3.83. The molecule has 0 unspecified atom stereocenters. The van der Waals surface area contributed by atoms with Crippen LogP contribution in [0, 0.1) is 0 Å². The number of thiazole rings is 1. The Kier molecular flexibility index (Phi) is 5.64. The quantitative estimate of drug-likeness (QED) is 0.571. The van der Waals surface area contributed by atoms with Gasteiger partial charge in [-0.3, -0.25) is 0 Å².